The van der Waals surface area contributed by atoms with Gasteiger partial charge in [0.05, 0.1) is 27.7 Å². The van der Waals surface area contributed by atoms with E-state index in [0.717, 1.165) is 22.2 Å². The van der Waals surface area contributed by atoms with Gasteiger partial charge in [-0.1, -0.05) is 63.4 Å². The predicted octanol–water partition coefficient (Wildman–Crippen LogP) is 7.58. The second-order valence-corrected chi connectivity index (χ2v) is 9.58. The molecular formula is C24H16BrCl2NO4S. The van der Waals surface area contributed by atoms with Crippen molar-refractivity contribution in [2.24, 2.45) is 0 Å². The van der Waals surface area contributed by atoms with Crippen LogP contribution in [0, 0.1) is 0 Å². The maximum atomic E-state index is 12.9. The van der Waals surface area contributed by atoms with Crippen LogP contribution < -0.4 is 14.4 Å². The average molecular weight is 565 g/mol. The van der Waals surface area contributed by atoms with Crippen molar-refractivity contribution in [3.05, 3.63) is 91.2 Å². The minimum Gasteiger partial charge on any atom is -0.493 e. The molecule has 1 fully saturated rings. The number of imide groups is 1. The van der Waals surface area contributed by atoms with E-state index in [1.54, 1.807) is 54.6 Å². The Balaban J connectivity index is 1.57. The van der Waals surface area contributed by atoms with E-state index in [1.807, 2.05) is 12.1 Å². The summed E-state index contributed by atoms with van der Waals surface area (Å²) in [6.07, 6.45) is 1.66. The summed E-state index contributed by atoms with van der Waals surface area (Å²) in [5.74, 6) is 0.610. The van der Waals surface area contributed by atoms with E-state index in [-0.39, 0.29) is 17.8 Å². The number of thioether (sulfide) groups is 1. The summed E-state index contributed by atoms with van der Waals surface area (Å²) in [6.45, 7) is 0.259. The molecule has 1 aliphatic heterocycles. The molecule has 9 heteroatoms. The highest BCUT2D eigenvalue weighted by Gasteiger charge is 2.36. The molecular weight excluding hydrogens is 549 g/mol. The summed E-state index contributed by atoms with van der Waals surface area (Å²) in [7, 11) is 1.53. The predicted molar refractivity (Wildman–Crippen MR) is 136 cm³/mol. The van der Waals surface area contributed by atoms with E-state index in [1.165, 1.54) is 7.11 Å². The molecule has 4 rings (SSSR count). The Kier molecular flexibility index (Phi) is 7.34. The number of nitrogens with zero attached hydrogens (tertiary/aromatic N) is 1. The fourth-order valence-corrected chi connectivity index (χ4v) is 4.72. The first-order valence-electron chi connectivity index (χ1n) is 9.64. The maximum absolute atomic E-state index is 12.9. The Morgan fingerprint density at radius 1 is 1.00 bits per heavy atom. The quantitative estimate of drug-likeness (QED) is 0.289. The number of hydrogen-bond acceptors (Lipinski definition) is 5. The van der Waals surface area contributed by atoms with Crippen LogP contribution in [0.25, 0.3) is 6.08 Å². The highest BCUT2D eigenvalue weighted by molar-refractivity contribution is 9.10. The van der Waals surface area contributed by atoms with Crippen LogP contribution in [0.4, 0.5) is 10.5 Å². The lowest BCUT2D eigenvalue weighted by Crippen LogP contribution is -2.27. The highest BCUT2D eigenvalue weighted by Crippen LogP contribution is 2.39. The average Bonchev–Trinajstić information content (AvgIpc) is 3.09. The lowest BCUT2D eigenvalue weighted by molar-refractivity contribution is -0.113. The lowest BCUT2D eigenvalue weighted by atomic mass is 10.1. The van der Waals surface area contributed by atoms with Crippen molar-refractivity contribution in [3.8, 4) is 11.5 Å². The standard InChI is InChI=1S/C24H16BrCl2NO4S/c1-31-20-10-15(11-22-23(29)28(24(30)33-22)16-5-3-2-4-6-16)17(25)12-21(20)32-13-14-7-8-18(26)19(27)9-14/h2-12H,13H2,1H3/b22-11-. The van der Waals surface area contributed by atoms with Gasteiger partial charge in [-0.2, -0.15) is 0 Å². The van der Waals surface area contributed by atoms with Gasteiger partial charge in [0.2, 0.25) is 0 Å². The van der Waals surface area contributed by atoms with Gasteiger partial charge in [-0.25, -0.2) is 4.90 Å². The molecule has 5 nitrogen and oxygen atoms in total. The van der Waals surface area contributed by atoms with E-state index in [2.05, 4.69) is 15.9 Å². The molecule has 2 amide bonds. The topological polar surface area (TPSA) is 55.8 Å². The van der Waals surface area contributed by atoms with Crippen LogP contribution in [0.3, 0.4) is 0 Å². The van der Waals surface area contributed by atoms with Crippen LogP contribution in [0.1, 0.15) is 11.1 Å². The number of para-hydroxylation sites is 1. The summed E-state index contributed by atoms with van der Waals surface area (Å²) in [4.78, 5) is 26.8. The molecule has 168 valence electrons. The van der Waals surface area contributed by atoms with Crippen LogP contribution in [-0.4, -0.2) is 18.3 Å². The van der Waals surface area contributed by atoms with Gasteiger partial charge in [-0.3, -0.25) is 9.59 Å². The molecule has 0 aliphatic carbocycles. The van der Waals surface area contributed by atoms with Crippen LogP contribution >= 0.6 is 50.9 Å². The first-order valence-corrected chi connectivity index (χ1v) is 12.0. The first kappa shape index (κ1) is 23.7. The van der Waals surface area contributed by atoms with E-state index >= 15 is 0 Å². The molecule has 3 aromatic rings. The van der Waals surface area contributed by atoms with Gasteiger partial charge in [0.1, 0.15) is 6.61 Å². The number of benzene rings is 3. The van der Waals surface area contributed by atoms with Crippen LogP contribution in [0.5, 0.6) is 11.5 Å². The zero-order chi connectivity index (χ0) is 23.5. The fraction of sp³-hybridized carbons (Fsp3) is 0.0833. The number of carbonyl (C=O) groups excluding carboxylic acids is 2. The van der Waals surface area contributed by atoms with Crippen molar-refractivity contribution in [3.63, 3.8) is 0 Å². The Bertz CT molecular complexity index is 1270. The summed E-state index contributed by atoms with van der Waals surface area (Å²) in [6, 6.07) is 17.6. The molecule has 0 saturated carbocycles. The molecule has 0 N–H and O–H groups in total. The maximum Gasteiger partial charge on any atom is 0.298 e. The second kappa shape index (κ2) is 10.2. The molecule has 0 radical (unpaired) electrons. The Hall–Kier alpha value is -2.45. The molecule has 0 aromatic heterocycles. The SMILES string of the molecule is COc1cc(/C=C2\SC(=O)N(c3ccccc3)C2=O)c(Br)cc1OCc1ccc(Cl)c(Cl)c1. The second-order valence-electron chi connectivity index (χ2n) is 6.91. The number of carbonyl (C=O) groups is 2. The molecule has 1 saturated heterocycles. The molecule has 3 aromatic carbocycles. The Morgan fingerprint density at radius 2 is 1.76 bits per heavy atom. The number of rotatable bonds is 6. The lowest BCUT2D eigenvalue weighted by Gasteiger charge is -2.14. The fourth-order valence-electron chi connectivity index (χ4n) is 3.13. The van der Waals surface area contributed by atoms with Gasteiger partial charge in [0, 0.05) is 4.47 Å². The summed E-state index contributed by atoms with van der Waals surface area (Å²) < 4.78 is 12.1. The first-order chi connectivity index (χ1) is 15.9. The normalized spacial score (nSPS) is 14.8. The van der Waals surface area contributed by atoms with Gasteiger partial charge in [-0.05, 0) is 65.4 Å². The molecule has 0 bridgehead atoms. The van der Waals surface area contributed by atoms with Gasteiger partial charge in [-0.15, -0.1) is 0 Å². The molecule has 33 heavy (non-hydrogen) atoms. The number of halogens is 3. The molecule has 1 heterocycles. The zero-order valence-corrected chi connectivity index (χ0v) is 21.1. The van der Waals surface area contributed by atoms with Crippen molar-refractivity contribution < 1.29 is 19.1 Å². The third-order valence-corrected chi connectivity index (χ3v) is 7.05. The highest BCUT2D eigenvalue weighted by atomic mass is 79.9. The van der Waals surface area contributed by atoms with Crippen molar-refractivity contribution >= 4 is 73.8 Å². The minimum atomic E-state index is -0.373. The summed E-state index contributed by atoms with van der Waals surface area (Å²) in [5, 5.41) is 0.578. The molecule has 0 unspecified atom stereocenters. The largest absolute Gasteiger partial charge is 0.493 e. The smallest absolute Gasteiger partial charge is 0.298 e. The minimum absolute atomic E-state index is 0.259. The van der Waals surface area contributed by atoms with Crippen LogP contribution in [-0.2, 0) is 11.4 Å². The van der Waals surface area contributed by atoms with Crippen molar-refractivity contribution in [2.45, 2.75) is 6.61 Å². The van der Waals surface area contributed by atoms with Crippen molar-refractivity contribution in [1.82, 2.24) is 0 Å². The van der Waals surface area contributed by atoms with E-state index < -0.39 is 0 Å². The monoisotopic (exact) mass is 563 g/mol. The number of amides is 2. The van der Waals surface area contributed by atoms with Gasteiger partial charge in [0.15, 0.2) is 11.5 Å². The van der Waals surface area contributed by atoms with Crippen LogP contribution in [0.2, 0.25) is 10.0 Å². The van der Waals surface area contributed by atoms with Crippen LogP contribution in [0.15, 0.2) is 70.0 Å². The number of hydrogen-bond donors (Lipinski definition) is 0. The molecule has 0 atom stereocenters. The van der Waals surface area contributed by atoms with Crippen molar-refractivity contribution in [2.75, 3.05) is 12.0 Å². The summed E-state index contributed by atoms with van der Waals surface area (Å²) in [5.41, 5.74) is 2.06. The summed E-state index contributed by atoms with van der Waals surface area (Å²) >= 11 is 16.4. The third-order valence-electron chi connectivity index (χ3n) is 4.76. The Labute approximate surface area is 213 Å². The van der Waals surface area contributed by atoms with E-state index in [0.29, 0.717) is 42.2 Å². The van der Waals surface area contributed by atoms with E-state index in [4.69, 9.17) is 32.7 Å². The van der Waals surface area contributed by atoms with Gasteiger partial charge >= 0.3 is 0 Å². The number of anilines is 1. The van der Waals surface area contributed by atoms with E-state index in [9.17, 15) is 9.59 Å². The number of ether oxygens (including phenoxy) is 2. The van der Waals surface area contributed by atoms with Crippen molar-refractivity contribution in [1.29, 1.82) is 0 Å². The van der Waals surface area contributed by atoms with Gasteiger partial charge < -0.3 is 9.47 Å². The van der Waals surface area contributed by atoms with Gasteiger partial charge in [0.25, 0.3) is 11.1 Å². The molecule has 1 aliphatic rings. The molecule has 0 spiro atoms. The Morgan fingerprint density at radius 3 is 2.45 bits per heavy atom. The number of methoxy groups -OCH3 is 1. The zero-order valence-electron chi connectivity index (χ0n) is 17.2. The third kappa shape index (κ3) is 5.22.